The normalized spacial score (nSPS) is 10.1. The summed E-state index contributed by atoms with van der Waals surface area (Å²) < 4.78 is 1.01. The van der Waals surface area contributed by atoms with E-state index in [-0.39, 0.29) is 0 Å². The van der Waals surface area contributed by atoms with E-state index in [0.717, 1.165) is 21.1 Å². The Bertz CT molecular complexity index is 585. The van der Waals surface area contributed by atoms with E-state index in [4.69, 9.17) is 5.26 Å². The van der Waals surface area contributed by atoms with Gasteiger partial charge in [-0.05, 0) is 24.3 Å². The van der Waals surface area contributed by atoms with Gasteiger partial charge in [0.1, 0.15) is 11.8 Å². The van der Waals surface area contributed by atoms with E-state index in [1.54, 1.807) is 6.07 Å². The fourth-order valence-corrected chi connectivity index (χ4v) is 1.97. The third kappa shape index (κ3) is 1.86. The molecule has 0 saturated carbocycles. The minimum absolute atomic E-state index is 0.443. The molecule has 0 aliphatic heterocycles. The van der Waals surface area contributed by atoms with Gasteiger partial charge >= 0.3 is 0 Å². The highest BCUT2D eigenvalue weighted by molar-refractivity contribution is 9.10. The second-order valence-electron chi connectivity index (χ2n) is 3.69. The molecule has 3 nitrogen and oxygen atoms in total. The van der Waals surface area contributed by atoms with Gasteiger partial charge in [-0.1, -0.05) is 15.9 Å². The van der Waals surface area contributed by atoms with Crippen molar-refractivity contribution in [2.24, 2.45) is 0 Å². The van der Waals surface area contributed by atoms with E-state index in [0.29, 0.717) is 5.69 Å². The van der Waals surface area contributed by atoms with Crippen molar-refractivity contribution in [3.05, 3.63) is 34.4 Å². The number of aromatic nitrogens is 1. The molecule has 1 aromatic heterocycles. The summed E-state index contributed by atoms with van der Waals surface area (Å²) in [5.41, 5.74) is 2.28. The van der Waals surface area contributed by atoms with Crippen molar-refractivity contribution in [2.75, 3.05) is 19.0 Å². The maximum absolute atomic E-state index is 8.92. The zero-order chi connectivity index (χ0) is 11.7. The van der Waals surface area contributed by atoms with Gasteiger partial charge in [0.25, 0.3) is 0 Å². The smallest absolute Gasteiger partial charge is 0.143 e. The molecule has 0 aliphatic rings. The van der Waals surface area contributed by atoms with E-state index < -0.39 is 0 Å². The molecule has 0 amide bonds. The summed E-state index contributed by atoms with van der Waals surface area (Å²) in [5.74, 6) is 0. The van der Waals surface area contributed by atoms with Crippen LogP contribution in [0.3, 0.4) is 0 Å². The first-order valence-electron chi connectivity index (χ1n) is 4.79. The minimum Gasteiger partial charge on any atom is -0.377 e. The van der Waals surface area contributed by atoms with Crippen LogP contribution in [0.25, 0.3) is 10.9 Å². The lowest BCUT2D eigenvalue weighted by molar-refractivity contribution is 1.13. The maximum atomic E-state index is 8.92. The zero-order valence-corrected chi connectivity index (χ0v) is 10.6. The van der Waals surface area contributed by atoms with Crippen LogP contribution in [0.15, 0.2) is 28.7 Å². The van der Waals surface area contributed by atoms with Crippen molar-refractivity contribution >= 4 is 32.5 Å². The molecule has 0 bridgehead atoms. The van der Waals surface area contributed by atoms with E-state index in [1.807, 2.05) is 37.2 Å². The highest BCUT2D eigenvalue weighted by atomic mass is 79.9. The molecular weight excluding hydrogens is 266 g/mol. The number of benzene rings is 1. The standard InChI is InChI=1S/C12H10BrN3/c1-16(2)12-6-9(7-14)15-11-4-3-8(13)5-10(11)12/h3-6H,1-2H3. The van der Waals surface area contributed by atoms with Crippen molar-refractivity contribution in [2.45, 2.75) is 0 Å². The molecule has 1 aromatic carbocycles. The maximum Gasteiger partial charge on any atom is 0.143 e. The number of fused-ring (bicyclic) bond motifs is 1. The Kier molecular flexibility index (Phi) is 2.80. The number of halogens is 1. The summed E-state index contributed by atoms with van der Waals surface area (Å²) in [6, 6.07) is 9.73. The first kappa shape index (κ1) is 10.9. The van der Waals surface area contributed by atoms with E-state index >= 15 is 0 Å². The third-order valence-corrected chi connectivity index (χ3v) is 2.84. The molecule has 0 N–H and O–H groups in total. The quantitative estimate of drug-likeness (QED) is 0.804. The number of rotatable bonds is 1. The molecule has 0 radical (unpaired) electrons. The predicted octanol–water partition coefficient (Wildman–Crippen LogP) is 2.93. The van der Waals surface area contributed by atoms with Gasteiger partial charge in [-0.15, -0.1) is 0 Å². The lowest BCUT2D eigenvalue weighted by atomic mass is 10.1. The first-order chi connectivity index (χ1) is 7.61. The summed E-state index contributed by atoms with van der Waals surface area (Å²) in [4.78, 5) is 6.25. The monoisotopic (exact) mass is 275 g/mol. The lowest BCUT2D eigenvalue weighted by Gasteiger charge is -2.15. The topological polar surface area (TPSA) is 39.9 Å². The SMILES string of the molecule is CN(C)c1cc(C#N)nc2ccc(Br)cc12. The van der Waals surface area contributed by atoms with Gasteiger partial charge in [-0.2, -0.15) is 5.26 Å². The Balaban J connectivity index is 2.83. The number of hydrogen-bond acceptors (Lipinski definition) is 3. The van der Waals surface area contributed by atoms with Crippen LogP contribution >= 0.6 is 15.9 Å². The van der Waals surface area contributed by atoms with Crippen LogP contribution in [0, 0.1) is 11.3 Å². The average molecular weight is 276 g/mol. The van der Waals surface area contributed by atoms with Gasteiger partial charge in [0.15, 0.2) is 0 Å². The fourth-order valence-electron chi connectivity index (χ4n) is 1.61. The van der Waals surface area contributed by atoms with Crippen molar-refractivity contribution in [1.82, 2.24) is 4.98 Å². The average Bonchev–Trinajstić information content (AvgIpc) is 2.27. The Morgan fingerprint density at radius 1 is 1.31 bits per heavy atom. The molecular formula is C12H10BrN3. The van der Waals surface area contributed by atoms with Crippen molar-refractivity contribution in [3.8, 4) is 6.07 Å². The summed E-state index contributed by atoms with van der Waals surface area (Å²) in [6.07, 6.45) is 0. The van der Waals surface area contributed by atoms with Crippen LogP contribution in [0.2, 0.25) is 0 Å². The molecule has 0 spiro atoms. The summed E-state index contributed by atoms with van der Waals surface area (Å²) >= 11 is 3.44. The molecule has 80 valence electrons. The van der Waals surface area contributed by atoms with Crippen LogP contribution in [-0.4, -0.2) is 19.1 Å². The van der Waals surface area contributed by atoms with Gasteiger partial charge in [-0.25, -0.2) is 4.98 Å². The number of anilines is 1. The Morgan fingerprint density at radius 3 is 2.69 bits per heavy atom. The molecule has 1 heterocycles. The highest BCUT2D eigenvalue weighted by Gasteiger charge is 2.07. The van der Waals surface area contributed by atoms with Gasteiger partial charge in [0, 0.05) is 29.6 Å². The number of hydrogen-bond donors (Lipinski definition) is 0. The molecule has 4 heteroatoms. The Labute approximate surface area is 102 Å². The zero-order valence-electron chi connectivity index (χ0n) is 9.03. The van der Waals surface area contributed by atoms with Crippen LogP contribution in [-0.2, 0) is 0 Å². The van der Waals surface area contributed by atoms with E-state index in [2.05, 4.69) is 27.0 Å². The molecule has 0 atom stereocenters. The Hall–Kier alpha value is -1.60. The number of pyridine rings is 1. The second kappa shape index (κ2) is 4.11. The van der Waals surface area contributed by atoms with Crippen LogP contribution in [0.4, 0.5) is 5.69 Å². The summed E-state index contributed by atoms with van der Waals surface area (Å²) in [6.45, 7) is 0. The van der Waals surface area contributed by atoms with Crippen molar-refractivity contribution in [3.63, 3.8) is 0 Å². The van der Waals surface area contributed by atoms with Crippen molar-refractivity contribution in [1.29, 1.82) is 5.26 Å². The van der Waals surface area contributed by atoms with Crippen molar-refractivity contribution < 1.29 is 0 Å². The summed E-state index contributed by atoms with van der Waals surface area (Å²) in [7, 11) is 3.91. The molecule has 0 saturated heterocycles. The second-order valence-corrected chi connectivity index (χ2v) is 4.61. The van der Waals surface area contributed by atoms with Gasteiger partial charge in [-0.3, -0.25) is 0 Å². The van der Waals surface area contributed by atoms with Gasteiger partial charge in [0.2, 0.25) is 0 Å². The minimum atomic E-state index is 0.443. The van der Waals surface area contributed by atoms with Crippen LogP contribution in [0.5, 0.6) is 0 Å². The first-order valence-corrected chi connectivity index (χ1v) is 5.59. The molecule has 2 rings (SSSR count). The molecule has 16 heavy (non-hydrogen) atoms. The molecule has 0 unspecified atom stereocenters. The highest BCUT2D eigenvalue weighted by Crippen LogP contribution is 2.27. The molecule has 0 aliphatic carbocycles. The lowest BCUT2D eigenvalue weighted by Crippen LogP contribution is -2.10. The molecule has 2 aromatic rings. The van der Waals surface area contributed by atoms with E-state index in [1.165, 1.54) is 0 Å². The number of nitriles is 1. The largest absolute Gasteiger partial charge is 0.377 e. The predicted molar refractivity (Wildman–Crippen MR) is 68.5 cm³/mol. The van der Waals surface area contributed by atoms with Gasteiger partial charge in [0.05, 0.1) is 5.52 Å². The Morgan fingerprint density at radius 2 is 2.06 bits per heavy atom. The molecule has 0 fully saturated rings. The van der Waals surface area contributed by atoms with Crippen LogP contribution in [0.1, 0.15) is 5.69 Å². The summed E-state index contributed by atoms with van der Waals surface area (Å²) in [5, 5.41) is 9.96. The fraction of sp³-hybridized carbons (Fsp3) is 0.167. The van der Waals surface area contributed by atoms with Crippen LogP contribution < -0.4 is 4.90 Å². The third-order valence-electron chi connectivity index (χ3n) is 2.35. The number of nitrogens with zero attached hydrogens (tertiary/aromatic N) is 3. The van der Waals surface area contributed by atoms with Gasteiger partial charge < -0.3 is 4.90 Å². The van der Waals surface area contributed by atoms with E-state index in [9.17, 15) is 0 Å².